The van der Waals surface area contributed by atoms with Crippen LogP contribution in [-0.2, 0) is 10.3 Å². The van der Waals surface area contributed by atoms with Crippen molar-refractivity contribution in [2.75, 3.05) is 7.11 Å². The molecular formula is C12H21N3O2. The van der Waals surface area contributed by atoms with Crippen molar-refractivity contribution in [3.63, 3.8) is 0 Å². The summed E-state index contributed by atoms with van der Waals surface area (Å²) in [5, 5.41) is 4.01. The van der Waals surface area contributed by atoms with Gasteiger partial charge >= 0.3 is 0 Å². The van der Waals surface area contributed by atoms with Gasteiger partial charge in [0.2, 0.25) is 11.7 Å². The van der Waals surface area contributed by atoms with Gasteiger partial charge in [0.15, 0.2) is 0 Å². The summed E-state index contributed by atoms with van der Waals surface area (Å²) in [5.41, 5.74) is 5.47. The molecule has 0 spiro atoms. The predicted molar refractivity (Wildman–Crippen MR) is 63.5 cm³/mol. The fourth-order valence-corrected chi connectivity index (χ4v) is 2.19. The van der Waals surface area contributed by atoms with Crippen molar-refractivity contribution in [1.29, 1.82) is 0 Å². The Morgan fingerprint density at radius 3 is 2.82 bits per heavy atom. The van der Waals surface area contributed by atoms with Gasteiger partial charge in [-0.3, -0.25) is 0 Å². The van der Waals surface area contributed by atoms with Gasteiger partial charge in [-0.2, -0.15) is 4.98 Å². The molecule has 0 bridgehead atoms. The molecule has 0 aromatic carbocycles. The largest absolute Gasteiger partial charge is 0.371 e. The van der Waals surface area contributed by atoms with Crippen molar-refractivity contribution < 1.29 is 9.26 Å². The molecule has 0 saturated heterocycles. The van der Waals surface area contributed by atoms with Crippen LogP contribution in [0.3, 0.4) is 0 Å². The van der Waals surface area contributed by atoms with Crippen LogP contribution in [-0.4, -0.2) is 23.3 Å². The summed E-state index contributed by atoms with van der Waals surface area (Å²) in [4.78, 5) is 4.45. The van der Waals surface area contributed by atoms with Gasteiger partial charge in [-0.05, 0) is 33.1 Å². The molecule has 5 nitrogen and oxygen atoms in total. The summed E-state index contributed by atoms with van der Waals surface area (Å²) in [6.45, 7) is 3.85. The minimum atomic E-state index is -0.501. The molecule has 2 unspecified atom stereocenters. The monoisotopic (exact) mass is 239 g/mol. The summed E-state index contributed by atoms with van der Waals surface area (Å²) in [7, 11) is 1.65. The molecule has 0 aliphatic heterocycles. The Hall–Kier alpha value is -0.940. The molecule has 1 fully saturated rings. The van der Waals surface area contributed by atoms with E-state index in [9.17, 15) is 0 Å². The van der Waals surface area contributed by atoms with E-state index in [1.165, 1.54) is 0 Å². The van der Waals surface area contributed by atoms with Gasteiger partial charge in [0.1, 0.15) is 5.60 Å². The molecule has 2 N–H and O–H groups in total. The van der Waals surface area contributed by atoms with Crippen LogP contribution in [0.5, 0.6) is 0 Å². The second kappa shape index (κ2) is 4.74. The van der Waals surface area contributed by atoms with E-state index in [0.29, 0.717) is 17.6 Å². The Morgan fingerprint density at radius 1 is 1.41 bits per heavy atom. The van der Waals surface area contributed by atoms with Crippen LogP contribution in [0.1, 0.15) is 57.2 Å². The van der Waals surface area contributed by atoms with Gasteiger partial charge in [0.05, 0.1) is 0 Å². The molecule has 2 atom stereocenters. The third-order valence-corrected chi connectivity index (χ3v) is 3.55. The van der Waals surface area contributed by atoms with Crippen LogP contribution >= 0.6 is 0 Å². The standard InChI is InChI=1S/C12H21N3O2/c1-12(2,16-3)11-14-10(17-15-11)8-5-4-6-9(13)7-8/h8-9H,4-7,13H2,1-3H3. The molecule has 5 heteroatoms. The lowest BCUT2D eigenvalue weighted by atomic mass is 9.86. The number of nitrogens with two attached hydrogens (primary N) is 1. The zero-order chi connectivity index (χ0) is 12.5. The van der Waals surface area contributed by atoms with Crippen LogP contribution in [0.2, 0.25) is 0 Å². The highest BCUT2D eigenvalue weighted by molar-refractivity contribution is 5.02. The minimum absolute atomic E-state index is 0.263. The summed E-state index contributed by atoms with van der Waals surface area (Å²) in [6, 6.07) is 0.263. The minimum Gasteiger partial charge on any atom is -0.371 e. The summed E-state index contributed by atoms with van der Waals surface area (Å²) in [5.74, 6) is 1.63. The first-order valence-electron chi connectivity index (χ1n) is 6.17. The molecule has 1 aliphatic rings. The van der Waals surface area contributed by atoms with E-state index >= 15 is 0 Å². The Labute approximate surface area is 102 Å². The van der Waals surface area contributed by atoms with Gasteiger partial charge in [-0.25, -0.2) is 0 Å². The van der Waals surface area contributed by atoms with Crippen molar-refractivity contribution in [2.45, 2.75) is 57.1 Å². The second-order valence-electron chi connectivity index (χ2n) is 5.29. The van der Waals surface area contributed by atoms with Crippen molar-refractivity contribution >= 4 is 0 Å². The molecule has 17 heavy (non-hydrogen) atoms. The quantitative estimate of drug-likeness (QED) is 0.872. The topological polar surface area (TPSA) is 74.2 Å². The van der Waals surface area contributed by atoms with Crippen LogP contribution in [0.25, 0.3) is 0 Å². The molecule has 0 radical (unpaired) electrons. The molecule has 96 valence electrons. The third-order valence-electron chi connectivity index (χ3n) is 3.55. The molecule has 1 saturated carbocycles. The fraction of sp³-hybridized carbons (Fsp3) is 0.833. The van der Waals surface area contributed by atoms with E-state index in [1.807, 2.05) is 13.8 Å². The maximum atomic E-state index is 5.97. The van der Waals surface area contributed by atoms with E-state index < -0.39 is 5.60 Å². The van der Waals surface area contributed by atoms with E-state index in [1.54, 1.807) is 7.11 Å². The number of ether oxygens (including phenoxy) is 1. The molecular weight excluding hydrogens is 218 g/mol. The van der Waals surface area contributed by atoms with Crippen LogP contribution in [0.4, 0.5) is 0 Å². The fourth-order valence-electron chi connectivity index (χ4n) is 2.19. The van der Waals surface area contributed by atoms with Crippen molar-refractivity contribution in [1.82, 2.24) is 10.1 Å². The Kier molecular flexibility index (Phi) is 3.49. The van der Waals surface area contributed by atoms with Crippen LogP contribution in [0, 0.1) is 0 Å². The lowest BCUT2D eigenvalue weighted by Gasteiger charge is -2.23. The van der Waals surface area contributed by atoms with Crippen molar-refractivity contribution in [3.05, 3.63) is 11.7 Å². The van der Waals surface area contributed by atoms with Crippen molar-refractivity contribution in [2.24, 2.45) is 5.73 Å². The lowest BCUT2D eigenvalue weighted by molar-refractivity contribution is 0.00973. The smallest absolute Gasteiger partial charge is 0.229 e. The molecule has 0 amide bonds. The first-order chi connectivity index (χ1) is 8.03. The molecule has 2 rings (SSSR count). The number of hydrogen-bond acceptors (Lipinski definition) is 5. The Morgan fingerprint density at radius 2 is 2.18 bits per heavy atom. The van der Waals surface area contributed by atoms with E-state index in [2.05, 4.69) is 10.1 Å². The van der Waals surface area contributed by atoms with Gasteiger partial charge < -0.3 is 15.0 Å². The van der Waals surface area contributed by atoms with E-state index in [4.69, 9.17) is 15.0 Å². The maximum Gasteiger partial charge on any atom is 0.229 e. The van der Waals surface area contributed by atoms with Gasteiger partial charge in [-0.1, -0.05) is 11.6 Å². The van der Waals surface area contributed by atoms with Gasteiger partial charge in [-0.15, -0.1) is 0 Å². The van der Waals surface area contributed by atoms with E-state index in [0.717, 1.165) is 25.7 Å². The van der Waals surface area contributed by atoms with Crippen LogP contribution < -0.4 is 5.73 Å². The molecule has 1 heterocycles. The van der Waals surface area contributed by atoms with E-state index in [-0.39, 0.29) is 6.04 Å². The second-order valence-corrected chi connectivity index (χ2v) is 5.29. The van der Waals surface area contributed by atoms with Crippen molar-refractivity contribution in [3.8, 4) is 0 Å². The average Bonchev–Trinajstić information content (AvgIpc) is 2.79. The summed E-state index contributed by atoms with van der Waals surface area (Å²) < 4.78 is 10.7. The highest BCUT2D eigenvalue weighted by Gasteiger charge is 2.30. The number of methoxy groups -OCH3 is 1. The maximum absolute atomic E-state index is 5.97. The summed E-state index contributed by atoms with van der Waals surface area (Å²) in [6.07, 6.45) is 4.26. The van der Waals surface area contributed by atoms with Crippen LogP contribution in [0.15, 0.2) is 4.52 Å². The first-order valence-corrected chi connectivity index (χ1v) is 6.17. The molecule has 1 aromatic rings. The Bertz CT molecular complexity index is 376. The predicted octanol–water partition coefficient (Wildman–Crippen LogP) is 1.94. The number of aromatic nitrogens is 2. The Balaban J connectivity index is 2.12. The summed E-state index contributed by atoms with van der Waals surface area (Å²) >= 11 is 0. The van der Waals surface area contributed by atoms with Gasteiger partial charge in [0, 0.05) is 19.1 Å². The molecule has 1 aromatic heterocycles. The normalized spacial score (nSPS) is 26.1. The SMILES string of the molecule is COC(C)(C)c1noc(C2CCCC(N)C2)n1. The third kappa shape index (κ3) is 2.66. The zero-order valence-electron chi connectivity index (χ0n) is 10.8. The lowest BCUT2D eigenvalue weighted by Crippen LogP contribution is -2.27. The zero-order valence-corrected chi connectivity index (χ0v) is 10.8. The number of nitrogens with zero attached hydrogens (tertiary/aromatic N) is 2. The highest BCUT2D eigenvalue weighted by atomic mass is 16.5. The average molecular weight is 239 g/mol. The van der Waals surface area contributed by atoms with Gasteiger partial charge in [0.25, 0.3) is 0 Å². The first kappa shape index (κ1) is 12.5. The number of hydrogen-bond donors (Lipinski definition) is 1. The number of rotatable bonds is 3. The molecule has 1 aliphatic carbocycles. The highest BCUT2D eigenvalue weighted by Crippen LogP contribution is 2.32.